The summed E-state index contributed by atoms with van der Waals surface area (Å²) >= 11 is 1.95. The molecule has 182 valence electrons. The zero-order valence-corrected chi connectivity index (χ0v) is 21.4. The van der Waals surface area contributed by atoms with Gasteiger partial charge in [-0.05, 0) is 75.4 Å². The maximum absolute atomic E-state index is 11.2. The zero-order valence-electron chi connectivity index (χ0n) is 20.6. The zero-order chi connectivity index (χ0) is 23.5. The average molecular weight is 465 g/mol. The molecule has 0 spiro atoms. The first kappa shape index (κ1) is 24.8. The Morgan fingerprint density at radius 1 is 1.12 bits per heavy atom. The predicted molar refractivity (Wildman–Crippen MR) is 131 cm³/mol. The fourth-order valence-electron chi connectivity index (χ4n) is 7.83. The van der Waals surface area contributed by atoms with Crippen molar-refractivity contribution in [2.45, 2.75) is 109 Å². The van der Waals surface area contributed by atoms with Crippen LogP contribution in [0, 0.1) is 28.6 Å². The second kappa shape index (κ2) is 8.71. The largest absolute Gasteiger partial charge is 0.393 e. The molecule has 4 aliphatic carbocycles. The number of aliphatic hydroxyl groups is 4. The maximum atomic E-state index is 11.2. The summed E-state index contributed by atoms with van der Waals surface area (Å²) in [6.07, 6.45) is 9.07. The van der Waals surface area contributed by atoms with E-state index in [4.69, 9.17) is 0 Å². The van der Waals surface area contributed by atoms with Crippen molar-refractivity contribution in [2.24, 2.45) is 28.6 Å². The van der Waals surface area contributed by atoms with Gasteiger partial charge >= 0.3 is 0 Å². The van der Waals surface area contributed by atoms with Crippen molar-refractivity contribution in [2.75, 3.05) is 5.75 Å². The fraction of sp³-hybridized carbons (Fsp3) is 0.852. The highest BCUT2D eigenvalue weighted by molar-refractivity contribution is 7.99. The third-order valence-electron chi connectivity index (χ3n) is 9.58. The van der Waals surface area contributed by atoms with Crippen molar-refractivity contribution >= 4 is 11.8 Å². The maximum Gasteiger partial charge on any atom is 0.0661 e. The Labute approximate surface area is 198 Å². The van der Waals surface area contributed by atoms with Crippen LogP contribution in [0.4, 0.5) is 0 Å². The lowest BCUT2D eigenvalue weighted by atomic mass is 9.49. The molecule has 0 aromatic carbocycles. The monoisotopic (exact) mass is 464 g/mol. The molecule has 3 fully saturated rings. The summed E-state index contributed by atoms with van der Waals surface area (Å²) in [6, 6.07) is 0. The van der Waals surface area contributed by atoms with Gasteiger partial charge in [0.05, 0.1) is 23.9 Å². The van der Waals surface area contributed by atoms with E-state index in [1.54, 1.807) is 0 Å². The molecule has 0 aromatic rings. The second-order valence-electron chi connectivity index (χ2n) is 12.2. The van der Waals surface area contributed by atoms with Gasteiger partial charge in [-0.1, -0.05) is 44.1 Å². The van der Waals surface area contributed by atoms with Crippen LogP contribution in [0.25, 0.3) is 0 Å². The molecule has 0 unspecified atom stereocenters. The van der Waals surface area contributed by atoms with Crippen LogP contribution in [-0.2, 0) is 0 Å². The fourth-order valence-corrected chi connectivity index (χ4v) is 9.21. The van der Waals surface area contributed by atoms with Crippen LogP contribution in [-0.4, -0.2) is 55.3 Å². The van der Waals surface area contributed by atoms with Gasteiger partial charge in [0.25, 0.3) is 0 Å². The molecule has 4 rings (SSSR count). The van der Waals surface area contributed by atoms with Gasteiger partial charge in [0, 0.05) is 23.0 Å². The molecular weight excluding hydrogens is 420 g/mol. The van der Waals surface area contributed by atoms with E-state index in [-0.39, 0.29) is 22.9 Å². The molecule has 32 heavy (non-hydrogen) atoms. The van der Waals surface area contributed by atoms with Crippen LogP contribution in [0.1, 0.15) is 79.6 Å². The molecule has 0 heterocycles. The summed E-state index contributed by atoms with van der Waals surface area (Å²) in [6.45, 7) is 10.6. The molecule has 0 amide bonds. The Hall–Kier alpha value is -0.330. The molecule has 0 saturated heterocycles. The van der Waals surface area contributed by atoms with Gasteiger partial charge in [0.1, 0.15) is 0 Å². The van der Waals surface area contributed by atoms with Gasteiger partial charge in [-0.25, -0.2) is 0 Å². The highest BCUT2D eigenvalue weighted by atomic mass is 32.2. The van der Waals surface area contributed by atoms with Crippen LogP contribution in [0.2, 0.25) is 0 Å². The van der Waals surface area contributed by atoms with Crippen LogP contribution in [0.3, 0.4) is 0 Å². The number of hydrogen-bond acceptors (Lipinski definition) is 5. The average Bonchev–Trinajstić information content (AvgIpc) is 2.96. The first-order chi connectivity index (χ1) is 14.9. The first-order valence-electron chi connectivity index (χ1n) is 12.7. The number of thioether (sulfide) groups is 1. The van der Waals surface area contributed by atoms with Crippen molar-refractivity contribution in [3.8, 4) is 0 Å². The lowest BCUT2D eigenvalue weighted by molar-refractivity contribution is -0.0534. The SMILES string of the molecule is C[C@H](SCCCC(C)(C)O)[C@H]1[C@@H](O)C[C@H]2C3=CC=C4C[C@@H](O)C[C@H](O)[C@]4(C)[C@H]3CC[C@]12C. The van der Waals surface area contributed by atoms with E-state index in [1.807, 2.05) is 25.6 Å². The minimum absolute atomic E-state index is 0.0747. The molecule has 0 radical (unpaired) electrons. The Bertz CT molecular complexity index is 770. The highest BCUT2D eigenvalue weighted by Crippen LogP contribution is 2.66. The molecular formula is C27H44O4S. The van der Waals surface area contributed by atoms with Gasteiger partial charge < -0.3 is 20.4 Å². The van der Waals surface area contributed by atoms with Gasteiger partial charge in [-0.3, -0.25) is 0 Å². The molecule has 9 atom stereocenters. The summed E-state index contributed by atoms with van der Waals surface area (Å²) in [4.78, 5) is 0. The van der Waals surface area contributed by atoms with Crippen molar-refractivity contribution in [1.82, 2.24) is 0 Å². The Balaban J connectivity index is 1.52. The summed E-state index contributed by atoms with van der Waals surface area (Å²) in [5, 5.41) is 42.9. The Kier molecular flexibility index (Phi) is 6.75. The summed E-state index contributed by atoms with van der Waals surface area (Å²) in [5.41, 5.74) is 1.81. The molecule has 5 heteroatoms. The lowest BCUT2D eigenvalue weighted by Gasteiger charge is -2.56. The van der Waals surface area contributed by atoms with Crippen LogP contribution >= 0.6 is 11.8 Å². The van der Waals surface area contributed by atoms with Crippen LogP contribution in [0.15, 0.2) is 23.3 Å². The molecule has 3 saturated carbocycles. The molecule has 4 nitrogen and oxygen atoms in total. The van der Waals surface area contributed by atoms with Gasteiger partial charge in [-0.2, -0.15) is 11.8 Å². The molecule has 0 bridgehead atoms. The van der Waals surface area contributed by atoms with E-state index >= 15 is 0 Å². The topological polar surface area (TPSA) is 80.9 Å². The normalized spacial score (nSPS) is 44.8. The molecule has 4 aliphatic rings. The van der Waals surface area contributed by atoms with Crippen LogP contribution in [0.5, 0.6) is 0 Å². The molecule has 0 aliphatic heterocycles. The number of allylic oxidation sites excluding steroid dienone is 3. The minimum Gasteiger partial charge on any atom is -0.393 e. The summed E-state index contributed by atoms with van der Waals surface area (Å²) in [5.74, 6) is 1.94. The van der Waals surface area contributed by atoms with Crippen molar-refractivity contribution in [3.63, 3.8) is 0 Å². The number of hydrogen-bond donors (Lipinski definition) is 4. The van der Waals surface area contributed by atoms with E-state index in [0.29, 0.717) is 29.9 Å². The van der Waals surface area contributed by atoms with E-state index in [2.05, 4.69) is 32.9 Å². The van der Waals surface area contributed by atoms with E-state index in [9.17, 15) is 20.4 Å². The number of rotatable bonds is 6. The standard InChI is InChI=1S/C27H44O4S/c1-16(32-12-6-10-25(2,3)31)24-22(29)15-21-19-8-7-17-13-18(28)14-23(30)27(17,5)20(19)9-11-26(21,24)4/h7-8,16,18,20-24,28-31H,6,9-15H2,1-5H3/t16-,18+,20-,21-,22-,23-,24-,26-,27-/m0/s1. The van der Waals surface area contributed by atoms with E-state index < -0.39 is 17.8 Å². The smallest absolute Gasteiger partial charge is 0.0661 e. The van der Waals surface area contributed by atoms with Gasteiger partial charge in [0.2, 0.25) is 0 Å². The van der Waals surface area contributed by atoms with Gasteiger partial charge in [-0.15, -0.1) is 0 Å². The minimum atomic E-state index is -0.609. The van der Waals surface area contributed by atoms with Crippen molar-refractivity contribution < 1.29 is 20.4 Å². The van der Waals surface area contributed by atoms with Gasteiger partial charge in [0.15, 0.2) is 0 Å². The predicted octanol–water partition coefficient (Wildman–Crippen LogP) is 4.46. The number of fused-ring (bicyclic) bond motifs is 5. The summed E-state index contributed by atoms with van der Waals surface area (Å²) < 4.78 is 0. The summed E-state index contributed by atoms with van der Waals surface area (Å²) in [7, 11) is 0. The lowest BCUT2D eigenvalue weighted by Crippen LogP contribution is -2.52. The van der Waals surface area contributed by atoms with E-state index in [0.717, 1.165) is 37.9 Å². The quantitative estimate of drug-likeness (QED) is 0.436. The van der Waals surface area contributed by atoms with Crippen molar-refractivity contribution in [3.05, 3.63) is 23.3 Å². The molecule has 0 aromatic heterocycles. The van der Waals surface area contributed by atoms with Crippen molar-refractivity contribution in [1.29, 1.82) is 0 Å². The Morgan fingerprint density at radius 2 is 1.84 bits per heavy atom. The second-order valence-corrected chi connectivity index (χ2v) is 13.7. The van der Waals surface area contributed by atoms with Crippen LogP contribution < -0.4 is 0 Å². The first-order valence-corrected chi connectivity index (χ1v) is 13.7. The Morgan fingerprint density at radius 3 is 2.53 bits per heavy atom. The third kappa shape index (κ3) is 4.15. The van der Waals surface area contributed by atoms with E-state index in [1.165, 1.54) is 11.1 Å². The third-order valence-corrected chi connectivity index (χ3v) is 10.9. The number of aliphatic hydroxyl groups excluding tert-OH is 3. The highest BCUT2D eigenvalue weighted by Gasteiger charge is 2.61. The molecule has 4 N–H and O–H groups in total.